The Morgan fingerprint density at radius 1 is 0.935 bits per heavy atom. The third-order valence-corrected chi connectivity index (χ3v) is 5.20. The molecule has 0 atom stereocenters. The normalized spacial score (nSPS) is 13.5. The minimum absolute atomic E-state index is 0.208. The number of carbonyl (C=O) groups is 1. The van der Waals surface area contributed by atoms with Gasteiger partial charge in [0.2, 0.25) is 13.6 Å². The van der Waals surface area contributed by atoms with Crippen molar-refractivity contribution in [2.45, 2.75) is 6.54 Å². The van der Waals surface area contributed by atoms with Gasteiger partial charge in [0.05, 0.1) is 11.9 Å². The maximum absolute atomic E-state index is 12.8. The number of carbonyl (C=O) groups excluding carboxylic acids is 1. The lowest BCUT2D eigenvalue weighted by atomic mass is 10.1. The van der Waals surface area contributed by atoms with Crippen molar-refractivity contribution in [1.29, 1.82) is 0 Å². The van der Waals surface area contributed by atoms with Gasteiger partial charge in [-0.05, 0) is 42.0 Å². The van der Waals surface area contributed by atoms with Gasteiger partial charge in [-0.3, -0.25) is 4.79 Å². The van der Waals surface area contributed by atoms with Crippen LogP contribution in [0.25, 0.3) is 16.9 Å². The molecule has 2 aromatic carbocycles. The second kappa shape index (κ2) is 6.91. The van der Waals surface area contributed by atoms with Crippen LogP contribution in [0.5, 0.6) is 23.0 Å². The van der Waals surface area contributed by atoms with E-state index in [9.17, 15) is 4.79 Å². The van der Waals surface area contributed by atoms with Gasteiger partial charge < -0.3 is 24.3 Å². The molecule has 9 nitrogen and oxygen atoms in total. The summed E-state index contributed by atoms with van der Waals surface area (Å²) in [5, 5.41) is 7.31. The van der Waals surface area contributed by atoms with Crippen molar-refractivity contribution in [3.63, 3.8) is 0 Å². The molecule has 4 heterocycles. The lowest BCUT2D eigenvalue weighted by Gasteiger charge is -2.07. The number of nitrogens with zero attached hydrogens (tertiary/aromatic N) is 3. The molecule has 0 bridgehead atoms. The number of nitrogens with one attached hydrogen (secondary N) is 1. The number of rotatable bonds is 4. The zero-order valence-corrected chi connectivity index (χ0v) is 16.2. The Morgan fingerprint density at radius 3 is 2.52 bits per heavy atom. The maximum atomic E-state index is 12.8. The average molecular weight is 416 g/mol. The monoisotopic (exact) mass is 416 g/mol. The number of fused-ring (bicyclic) bond motifs is 3. The van der Waals surface area contributed by atoms with E-state index in [4.69, 9.17) is 18.9 Å². The first-order valence-electron chi connectivity index (χ1n) is 9.66. The Balaban J connectivity index is 1.27. The van der Waals surface area contributed by atoms with Crippen LogP contribution < -0.4 is 24.3 Å². The van der Waals surface area contributed by atoms with Crippen molar-refractivity contribution in [2.75, 3.05) is 13.6 Å². The van der Waals surface area contributed by atoms with Gasteiger partial charge in [-0.1, -0.05) is 6.07 Å². The van der Waals surface area contributed by atoms with Crippen molar-refractivity contribution >= 4 is 11.6 Å². The van der Waals surface area contributed by atoms with E-state index in [1.54, 1.807) is 10.7 Å². The molecule has 2 aromatic heterocycles. The third-order valence-electron chi connectivity index (χ3n) is 5.20. The van der Waals surface area contributed by atoms with Gasteiger partial charge in [-0.25, -0.2) is 9.50 Å². The summed E-state index contributed by atoms with van der Waals surface area (Å²) in [6.07, 6.45) is 3.18. The quantitative estimate of drug-likeness (QED) is 0.546. The predicted octanol–water partition coefficient (Wildman–Crippen LogP) is 2.78. The fourth-order valence-electron chi connectivity index (χ4n) is 3.65. The van der Waals surface area contributed by atoms with Crippen LogP contribution in [0, 0.1) is 0 Å². The largest absolute Gasteiger partial charge is 0.454 e. The summed E-state index contributed by atoms with van der Waals surface area (Å²) in [5.74, 6) is 2.51. The summed E-state index contributed by atoms with van der Waals surface area (Å²) in [6.45, 7) is 0.763. The molecule has 1 amide bonds. The lowest BCUT2D eigenvalue weighted by Crippen LogP contribution is -2.22. The molecule has 0 saturated carbocycles. The smallest absolute Gasteiger partial charge is 0.257 e. The highest BCUT2D eigenvalue weighted by Crippen LogP contribution is 2.36. The minimum atomic E-state index is -0.261. The van der Waals surface area contributed by atoms with Gasteiger partial charge in [0, 0.05) is 18.3 Å². The van der Waals surface area contributed by atoms with Crippen LogP contribution in [0.15, 0.2) is 54.9 Å². The van der Waals surface area contributed by atoms with Crippen LogP contribution >= 0.6 is 0 Å². The Kier molecular flexibility index (Phi) is 3.92. The SMILES string of the molecule is O=C(NCc1ccc2c(c1)OCO2)c1cnn2c(-c3ccc4c(c3)OCO4)ccnc12. The fourth-order valence-corrected chi connectivity index (χ4v) is 3.65. The van der Waals surface area contributed by atoms with E-state index >= 15 is 0 Å². The number of aromatic nitrogens is 3. The predicted molar refractivity (Wildman–Crippen MR) is 108 cm³/mol. The maximum Gasteiger partial charge on any atom is 0.257 e. The molecule has 0 fully saturated rings. The molecule has 0 spiro atoms. The zero-order chi connectivity index (χ0) is 20.8. The highest BCUT2D eigenvalue weighted by Gasteiger charge is 2.19. The van der Waals surface area contributed by atoms with E-state index in [1.165, 1.54) is 6.20 Å². The first-order valence-corrected chi connectivity index (χ1v) is 9.66. The number of hydrogen-bond donors (Lipinski definition) is 1. The summed E-state index contributed by atoms with van der Waals surface area (Å²) in [6, 6.07) is 13.1. The van der Waals surface area contributed by atoms with Crippen molar-refractivity contribution in [3.8, 4) is 34.3 Å². The molecule has 0 radical (unpaired) electrons. The van der Waals surface area contributed by atoms with Crippen molar-refractivity contribution in [1.82, 2.24) is 19.9 Å². The summed E-state index contributed by atoms with van der Waals surface area (Å²) in [7, 11) is 0. The van der Waals surface area contributed by atoms with Gasteiger partial charge in [0.25, 0.3) is 5.91 Å². The molecule has 0 saturated heterocycles. The first-order chi connectivity index (χ1) is 15.3. The van der Waals surface area contributed by atoms with Gasteiger partial charge >= 0.3 is 0 Å². The van der Waals surface area contributed by atoms with Crippen molar-refractivity contribution in [2.24, 2.45) is 0 Å². The second-order valence-electron chi connectivity index (χ2n) is 7.06. The molecule has 2 aliphatic heterocycles. The van der Waals surface area contributed by atoms with Gasteiger partial charge in [0.1, 0.15) is 5.56 Å². The van der Waals surface area contributed by atoms with E-state index in [-0.39, 0.29) is 19.5 Å². The summed E-state index contributed by atoms with van der Waals surface area (Å²) in [4.78, 5) is 17.2. The number of ether oxygens (including phenoxy) is 4. The molecular weight excluding hydrogens is 400 g/mol. The molecule has 9 heteroatoms. The van der Waals surface area contributed by atoms with Crippen LogP contribution in [-0.2, 0) is 6.54 Å². The van der Waals surface area contributed by atoms with Gasteiger partial charge in [-0.15, -0.1) is 0 Å². The highest BCUT2D eigenvalue weighted by atomic mass is 16.7. The summed E-state index contributed by atoms with van der Waals surface area (Å²) < 4.78 is 23.2. The standard InChI is InChI=1S/C22H16N4O5/c27-22(24-9-13-1-3-17-19(7-13)30-11-28-17)15-10-25-26-16(5-6-23-21(15)26)14-2-4-18-20(8-14)31-12-29-18/h1-8,10H,9,11-12H2,(H,24,27). The van der Waals surface area contributed by atoms with Crippen molar-refractivity contribution in [3.05, 3.63) is 66.0 Å². The summed E-state index contributed by atoms with van der Waals surface area (Å²) in [5.41, 5.74) is 3.44. The molecule has 6 rings (SSSR count). The molecule has 4 aromatic rings. The zero-order valence-electron chi connectivity index (χ0n) is 16.2. The second-order valence-corrected chi connectivity index (χ2v) is 7.06. The Labute approximate surface area is 176 Å². The number of amides is 1. The van der Waals surface area contributed by atoms with Crippen molar-refractivity contribution < 1.29 is 23.7 Å². The molecular formula is C22H16N4O5. The molecule has 2 aliphatic rings. The van der Waals surface area contributed by atoms with E-state index in [0.717, 1.165) is 16.8 Å². The van der Waals surface area contributed by atoms with Crippen LogP contribution in [0.1, 0.15) is 15.9 Å². The van der Waals surface area contributed by atoms with E-state index in [1.807, 2.05) is 42.5 Å². The molecule has 0 unspecified atom stereocenters. The lowest BCUT2D eigenvalue weighted by molar-refractivity contribution is 0.0952. The molecule has 1 N–H and O–H groups in total. The molecule has 31 heavy (non-hydrogen) atoms. The molecule has 0 aliphatic carbocycles. The fraction of sp³-hybridized carbons (Fsp3) is 0.136. The van der Waals surface area contributed by atoms with Gasteiger partial charge in [-0.2, -0.15) is 5.10 Å². The van der Waals surface area contributed by atoms with E-state index in [0.29, 0.717) is 40.8 Å². The Morgan fingerprint density at radius 2 is 1.68 bits per heavy atom. The highest BCUT2D eigenvalue weighted by molar-refractivity contribution is 5.99. The van der Waals surface area contributed by atoms with Crippen LogP contribution in [0.4, 0.5) is 0 Å². The third kappa shape index (κ3) is 2.98. The molecule has 154 valence electrons. The number of benzene rings is 2. The average Bonchev–Trinajstić information content (AvgIpc) is 3.55. The summed E-state index contributed by atoms with van der Waals surface area (Å²) >= 11 is 0. The van der Waals surface area contributed by atoms with Gasteiger partial charge in [0.15, 0.2) is 28.6 Å². The van der Waals surface area contributed by atoms with Crippen LogP contribution in [0.3, 0.4) is 0 Å². The topological polar surface area (TPSA) is 96.2 Å². The number of hydrogen-bond acceptors (Lipinski definition) is 7. The van der Waals surface area contributed by atoms with E-state index in [2.05, 4.69) is 15.4 Å². The first kappa shape index (κ1) is 17.6. The Bertz CT molecular complexity index is 1330. The minimum Gasteiger partial charge on any atom is -0.454 e. The van der Waals surface area contributed by atoms with E-state index < -0.39 is 0 Å². The Hall–Kier alpha value is -4.27. The van der Waals surface area contributed by atoms with Crippen LogP contribution in [-0.4, -0.2) is 34.1 Å². The van der Waals surface area contributed by atoms with Crippen LogP contribution in [0.2, 0.25) is 0 Å².